The molecule has 0 aromatic heterocycles. The van der Waals surface area contributed by atoms with E-state index in [-0.39, 0.29) is 18.6 Å². The van der Waals surface area contributed by atoms with E-state index in [1.807, 2.05) is 6.08 Å². The Balaban J connectivity index is 3.25. The van der Waals surface area contributed by atoms with Crippen LogP contribution in [0.4, 0.5) is 0 Å². The molecule has 100 valence electrons. The van der Waals surface area contributed by atoms with E-state index in [0.717, 1.165) is 12.8 Å². The van der Waals surface area contributed by atoms with Crippen molar-refractivity contribution in [3.63, 3.8) is 0 Å². The third-order valence-corrected chi connectivity index (χ3v) is 2.53. The number of nitrogens with two attached hydrogens (primary N) is 1. The van der Waals surface area contributed by atoms with E-state index in [4.69, 9.17) is 10.5 Å². The predicted octanol–water partition coefficient (Wildman–Crippen LogP) is 1.60. The Hall–Kier alpha value is -0.870. The molecule has 0 fully saturated rings. The molecule has 0 saturated heterocycles. The molecule has 0 saturated carbocycles. The standard InChI is InChI=1S/C13H26N2O2/c1-3-4-5-6-7-8-12(2)17-10-9-15-13(16)11-14/h3,12H,1,4-11,14H2,2H3,(H,15,16). The van der Waals surface area contributed by atoms with Crippen molar-refractivity contribution in [2.45, 2.75) is 45.1 Å². The normalized spacial score (nSPS) is 12.1. The molecule has 3 N–H and O–H groups in total. The zero-order chi connectivity index (χ0) is 12.9. The second-order valence-electron chi connectivity index (χ2n) is 4.16. The molecule has 0 aliphatic rings. The number of allylic oxidation sites excluding steroid dienone is 1. The minimum absolute atomic E-state index is 0.0405. The highest BCUT2D eigenvalue weighted by Gasteiger charge is 2.02. The summed E-state index contributed by atoms with van der Waals surface area (Å²) in [6, 6.07) is 0. The van der Waals surface area contributed by atoms with E-state index < -0.39 is 0 Å². The van der Waals surface area contributed by atoms with Gasteiger partial charge in [0.2, 0.25) is 5.91 Å². The largest absolute Gasteiger partial charge is 0.377 e. The lowest BCUT2D eigenvalue weighted by Crippen LogP contribution is -2.33. The SMILES string of the molecule is C=CCCCCCC(C)OCCNC(=O)CN. The molecule has 0 bridgehead atoms. The Morgan fingerprint density at radius 3 is 2.88 bits per heavy atom. The Morgan fingerprint density at radius 1 is 1.47 bits per heavy atom. The molecule has 17 heavy (non-hydrogen) atoms. The van der Waals surface area contributed by atoms with E-state index in [2.05, 4.69) is 18.8 Å². The molecule has 0 aromatic carbocycles. The fraction of sp³-hybridized carbons (Fsp3) is 0.769. The van der Waals surface area contributed by atoms with Crippen molar-refractivity contribution in [3.05, 3.63) is 12.7 Å². The molecule has 0 aliphatic carbocycles. The molecular weight excluding hydrogens is 216 g/mol. The van der Waals surface area contributed by atoms with Gasteiger partial charge in [-0.15, -0.1) is 6.58 Å². The summed E-state index contributed by atoms with van der Waals surface area (Å²) in [7, 11) is 0. The smallest absolute Gasteiger partial charge is 0.233 e. The van der Waals surface area contributed by atoms with Gasteiger partial charge in [0.05, 0.1) is 19.3 Å². The molecule has 1 unspecified atom stereocenters. The Kier molecular flexibility index (Phi) is 11.0. The number of carbonyl (C=O) groups is 1. The summed E-state index contributed by atoms with van der Waals surface area (Å²) in [4.78, 5) is 10.8. The minimum atomic E-state index is -0.134. The van der Waals surface area contributed by atoms with E-state index in [0.29, 0.717) is 13.2 Å². The molecule has 0 rings (SSSR count). The van der Waals surface area contributed by atoms with Gasteiger partial charge < -0.3 is 15.8 Å². The first kappa shape index (κ1) is 16.1. The number of amides is 1. The van der Waals surface area contributed by atoms with E-state index >= 15 is 0 Å². The van der Waals surface area contributed by atoms with Gasteiger partial charge in [0.15, 0.2) is 0 Å². The van der Waals surface area contributed by atoms with E-state index in [1.54, 1.807) is 0 Å². The number of nitrogens with one attached hydrogen (secondary N) is 1. The Bertz CT molecular complexity index is 208. The van der Waals surface area contributed by atoms with Crippen molar-refractivity contribution in [1.82, 2.24) is 5.32 Å². The first-order chi connectivity index (χ1) is 8.20. The molecule has 4 heteroatoms. The van der Waals surface area contributed by atoms with E-state index in [1.165, 1.54) is 19.3 Å². The van der Waals surface area contributed by atoms with Crippen LogP contribution >= 0.6 is 0 Å². The van der Waals surface area contributed by atoms with E-state index in [9.17, 15) is 4.79 Å². The highest BCUT2D eigenvalue weighted by Crippen LogP contribution is 2.07. The quantitative estimate of drug-likeness (QED) is 0.427. The average molecular weight is 242 g/mol. The lowest BCUT2D eigenvalue weighted by atomic mass is 10.1. The summed E-state index contributed by atoms with van der Waals surface area (Å²) in [6.45, 7) is 6.90. The van der Waals surface area contributed by atoms with Crippen molar-refractivity contribution in [2.24, 2.45) is 5.73 Å². The predicted molar refractivity (Wildman–Crippen MR) is 70.8 cm³/mol. The molecule has 0 aliphatic heterocycles. The third kappa shape index (κ3) is 11.4. The van der Waals surface area contributed by atoms with Crippen LogP contribution in [0.15, 0.2) is 12.7 Å². The van der Waals surface area contributed by atoms with Gasteiger partial charge in [-0.25, -0.2) is 0 Å². The maximum atomic E-state index is 10.8. The average Bonchev–Trinajstić information content (AvgIpc) is 2.34. The van der Waals surface area contributed by atoms with Crippen LogP contribution in [-0.2, 0) is 9.53 Å². The number of carbonyl (C=O) groups excluding carboxylic acids is 1. The lowest BCUT2D eigenvalue weighted by Gasteiger charge is -2.13. The Morgan fingerprint density at radius 2 is 2.24 bits per heavy atom. The van der Waals surface area contributed by atoms with Gasteiger partial charge in [-0.2, -0.15) is 0 Å². The summed E-state index contributed by atoms with van der Waals surface area (Å²) in [6.07, 6.45) is 8.01. The van der Waals surface area contributed by atoms with Gasteiger partial charge in [0.1, 0.15) is 0 Å². The highest BCUT2D eigenvalue weighted by molar-refractivity contribution is 5.77. The fourth-order valence-electron chi connectivity index (χ4n) is 1.50. The van der Waals surface area contributed by atoms with Gasteiger partial charge in [-0.1, -0.05) is 18.9 Å². The highest BCUT2D eigenvalue weighted by atomic mass is 16.5. The minimum Gasteiger partial charge on any atom is -0.377 e. The molecule has 0 heterocycles. The topological polar surface area (TPSA) is 64.3 Å². The molecule has 0 spiro atoms. The summed E-state index contributed by atoms with van der Waals surface area (Å²) >= 11 is 0. The molecule has 0 radical (unpaired) electrons. The van der Waals surface area contributed by atoms with Crippen LogP contribution in [-0.4, -0.2) is 31.7 Å². The number of hydrogen-bond acceptors (Lipinski definition) is 3. The number of hydrogen-bond donors (Lipinski definition) is 2. The number of ether oxygens (including phenoxy) is 1. The summed E-state index contributed by atoms with van der Waals surface area (Å²) < 4.78 is 5.57. The van der Waals surface area contributed by atoms with Gasteiger partial charge >= 0.3 is 0 Å². The van der Waals surface area contributed by atoms with Crippen LogP contribution in [0.25, 0.3) is 0 Å². The summed E-state index contributed by atoms with van der Waals surface area (Å²) in [5.41, 5.74) is 5.16. The summed E-state index contributed by atoms with van der Waals surface area (Å²) in [5.74, 6) is -0.134. The second kappa shape index (κ2) is 11.6. The maximum absolute atomic E-state index is 10.8. The van der Waals surface area contributed by atoms with Gasteiger partial charge in [0.25, 0.3) is 0 Å². The zero-order valence-electron chi connectivity index (χ0n) is 10.9. The van der Waals surface area contributed by atoms with Crippen molar-refractivity contribution in [1.29, 1.82) is 0 Å². The van der Waals surface area contributed by atoms with Crippen molar-refractivity contribution >= 4 is 5.91 Å². The second-order valence-corrected chi connectivity index (χ2v) is 4.16. The van der Waals surface area contributed by atoms with Crippen LogP contribution in [0.1, 0.15) is 39.0 Å². The van der Waals surface area contributed by atoms with Crippen LogP contribution in [0.3, 0.4) is 0 Å². The molecule has 1 atom stereocenters. The summed E-state index contributed by atoms with van der Waals surface area (Å²) in [5, 5.41) is 2.67. The van der Waals surface area contributed by atoms with Crippen molar-refractivity contribution in [3.8, 4) is 0 Å². The molecular formula is C13H26N2O2. The van der Waals surface area contributed by atoms with Crippen LogP contribution in [0.5, 0.6) is 0 Å². The van der Waals surface area contributed by atoms with Crippen LogP contribution in [0, 0.1) is 0 Å². The zero-order valence-corrected chi connectivity index (χ0v) is 10.9. The van der Waals surface area contributed by atoms with Crippen LogP contribution in [0.2, 0.25) is 0 Å². The van der Waals surface area contributed by atoms with Crippen molar-refractivity contribution in [2.75, 3.05) is 19.7 Å². The fourth-order valence-corrected chi connectivity index (χ4v) is 1.50. The number of unbranched alkanes of at least 4 members (excludes halogenated alkanes) is 3. The van der Waals surface area contributed by atoms with Gasteiger partial charge in [-0.05, 0) is 26.2 Å². The van der Waals surface area contributed by atoms with Gasteiger partial charge in [-0.3, -0.25) is 4.79 Å². The monoisotopic (exact) mass is 242 g/mol. The molecule has 4 nitrogen and oxygen atoms in total. The first-order valence-electron chi connectivity index (χ1n) is 6.40. The molecule has 1 amide bonds. The van der Waals surface area contributed by atoms with Crippen LogP contribution < -0.4 is 11.1 Å². The number of rotatable bonds is 11. The van der Waals surface area contributed by atoms with Crippen molar-refractivity contribution < 1.29 is 9.53 Å². The molecule has 0 aromatic rings. The Labute approximate surface area is 105 Å². The van der Waals surface area contributed by atoms with Gasteiger partial charge in [0, 0.05) is 6.54 Å². The maximum Gasteiger partial charge on any atom is 0.233 e. The lowest BCUT2D eigenvalue weighted by molar-refractivity contribution is -0.120. The first-order valence-corrected chi connectivity index (χ1v) is 6.40. The third-order valence-electron chi connectivity index (χ3n) is 2.53.